The third kappa shape index (κ3) is 5.04. The molecule has 0 radical (unpaired) electrons. The van der Waals surface area contributed by atoms with Crippen LogP contribution in [0.4, 0.5) is 5.69 Å². The molecule has 0 fully saturated rings. The van der Waals surface area contributed by atoms with Crippen molar-refractivity contribution in [2.45, 2.75) is 24.7 Å². The van der Waals surface area contributed by atoms with E-state index >= 15 is 0 Å². The third-order valence-corrected chi connectivity index (χ3v) is 5.84. The highest BCUT2D eigenvalue weighted by atomic mass is 35.5. The number of anilines is 1. The van der Waals surface area contributed by atoms with Gasteiger partial charge in [0.1, 0.15) is 0 Å². The first-order valence-corrected chi connectivity index (χ1v) is 9.79. The van der Waals surface area contributed by atoms with E-state index in [1.165, 1.54) is 16.4 Å². The molecule has 0 aliphatic carbocycles. The van der Waals surface area contributed by atoms with Gasteiger partial charge in [-0.1, -0.05) is 31.0 Å². The molecular weight excluding hydrogens is 360 g/mol. The zero-order valence-electron chi connectivity index (χ0n) is 14.2. The van der Waals surface area contributed by atoms with Crippen molar-refractivity contribution >= 4 is 33.2 Å². The van der Waals surface area contributed by atoms with Gasteiger partial charge in [0.05, 0.1) is 4.90 Å². The Morgan fingerprint density at radius 3 is 2.48 bits per heavy atom. The molecule has 134 valence electrons. The molecule has 0 atom stereocenters. The lowest BCUT2D eigenvalue weighted by molar-refractivity contribution is 0.102. The van der Waals surface area contributed by atoms with E-state index in [4.69, 9.17) is 11.6 Å². The van der Waals surface area contributed by atoms with Gasteiger partial charge in [0.15, 0.2) is 0 Å². The number of nitrogens with zero attached hydrogens (tertiary/aromatic N) is 1. The van der Waals surface area contributed by atoms with Gasteiger partial charge < -0.3 is 5.32 Å². The molecule has 0 aliphatic heterocycles. The minimum absolute atomic E-state index is 0.106. The number of hydrogen-bond acceptors (Lipinski definition) is 3. The first-order chi connectivity index (χ1) is 11.8. The molecule has 1 amide bonds. The molecule has 2 aromatic carbocycles. The number of sulfonamides is 1. The Morgan fingerprint density at radius 1 is 1.16 bits per heavy atom. The van der Waals surface area contributed by atoms with Crippen LogP contribution >= 0.6 is 11.6 Å². The Kier molecular flexibility index (Phi) is 6.58. The van der Waals surface area contributed by atoms with Gasteiger partial charge in [-0.25, -0.2) is 12.7 Å². The summed E-state index contributed by atoms with van der Waals surface area (Å²) >= 11 is 5.82. The summed E-state index contributed by atoms with van der Waals surface area (Å²) < 4.78 is 26.5. The molecule has 25 heavy (non-hydrogen) atoms. The summed E-state index contributed by atoms with van der Waals surface area (Å²) in [5.41, 5.74) is 0.864. The van der Waals surface area contributed by atoms with Crippen molar-refractivity contribution in [2.24, 2.45) is 0 Å². The molecule has 0 bridgehead atoms. The Bertz CT molecular complexity index is 836. The highest BCUT2D eigenvalue weighted by Gasteiger charge is 2.21. The number of hydrogen-bond donors (Lipinski definition) is 1. The maximum atomic E-state index is 12.6. The van der Waals surface area contributed by atoms with Crippen LogP contribution < -0.4 is 5.32 Å². The molecule has 0 saturated heterocycles. The van der Waals surface area contributed by atoms with E-state index in [-0.39, 0.29) is 16.4 Å². The van der Waals surface area contributed by atoms with E-state index in [1.807, 2.05) is 6.92 Å². The summed E-state index contributed by atoms with van der Waals surface area (Å²) in [4.78, 5) is 12.5. The van der Waals surface area contributed by atoms with Crippen LogP contribution in [-0.4, -0.2) is 32.2 Å². The number of carbonyl (C=O) groups excluding carboxylic acids is 1. The van der Waals surface area contributed by atoms with Gasteiger partial charge in [-0.2, -0.15) is 0 Å². The van der Waals surface area contributed by atoms with E-state index in [2.05, 4.69) is 5.32 Å². The third-order valence-electron chi connectivity index (χ3n) is 3.73. The number of amides is 1. The predicted octanol–water partition coefficient (Wildman–Crippen LogP) is 4.01. The molecule has 1 N–H and O–H groups in total. The first-order valence-electron chi connectivity index (χ1n) is 7.98. The minimum Gasteiger partial charge on any atom is -0.322 e. The Morgan fingerprint density at radius 2 is 1.84 bits per heavy atom. The van der Waals surface area contributed by atoms with Crippen molar-refractivity contribution in [3.63, 3.8) is 0 Å². The lowest BCUT2D eigenvalue weighted by Gasteiger charge is -2.17. The Hall–Kier alpha value is -1.89. The molecule has 2 rings (SSSR count). The lowest BCUT2D eigenvalue weighted by Crippen LogP contribution is -2.28. The molecule has 0 unspecified atom stereocenters. The van der Waals surface area contributed by atoms with Crippen LogP contribution in [-0.2, 0) is 10.0 Å². The smallest absolute Gasteiger partial charge is 0.255 e. The minimum atomic E-state index is -3.61. The number of halogens is 1. The number of unbranched alkanes of at least 4 members (excludes halogenated alkanes) is 1. The van der Waals surface area contributed by atoms with E-state index in [9.17, 15) is 13.2 Å². The summed E-state index contributed by atoms with van der Waals surface area (Å²) in [7, 11) is -2.06. The molecule has 0 spiro atoms. The maximum Gasteiger partial charge on any atom is 0.255 e. The van der Waals surface area contributed by atoms with Crippen molar-refractivity contribution in [1.29, 1.82) is 0 Å². The number of carbonyl (C=O) groups is 1. The molecule has 0 saturated carbocycles. The van der Waals surface area contributed by atoms with Gasteiger partial charge in [-0.3, -0.25) is 4.79 Å². The quantitative estimate of drug-likeness (QED) is 0.789. The normalized spacial score (nSPS) is 11.5. The summed E-state index contributed by atoms with van der Waals surface area (Å²) in [6, 6.07) is 12.7. The SMILES string of the molecule is CCCCN(C)S(=O)(=O)c1cccc(C(=O)Nc2ccc(Cl)cc2)c1. The second-order valence-electron chi connectivity index (χ2n) is 5.67. The van der Waals surface area contributed by atoms with Crippen molar-refractivity contribution in [2.75, 3.05) is 18.9 Å². The fourth-order valence-electron chi connectivity index (χ4n) is 2.22. The van der Waals surface area contributed by atoms with Gasteiger partial charge in [0.2, 0.25) is 10.0 Å². The van der Waals surface area contributed by atoms with Crippen LogP contribution in [0.15, 0.2) is 53.4 Å². The molecule has 0 aromatic heterocycles. The van der Waals surface area contributed by atoms with Gasteiger partial charge in [-0.15, -0.1) is 0 Å². The zero-order chi connectivity index (χ0) is 18.4. The van der Waals surface area contributed by atoms with Crippen molar-refractivity contribution in [3.05, 3.63) is 59.1 Å². The average Bonchev–Trinajstić information content (AvgIpc) is 2.61. The molecule has 0 heterocycles. The van der Waals surface area contributed by atoms with Crippen LogP contribution in [0.25, 0.3) is 0 Å². The van der Waals surface area contributed by atoms with Gasteiger partial charge in [0.25, 0.3) is 5.91 Å². The summed E-state index contributed by atoms with van der Waals surface area (Å²) in [5.74, 6) is -0.379. The lowest BCUT2D eigenvalue weighted by atomic mass is 10.2. The van der Waals surface area contributed by atoms with Gasteiger partial charge in [-0.05, 0) is 48.9 Å². The van der Waals surface area contributed by atoms with E-state index in [0.29, 0.717) is 17.3 Å². The first kappa shape index (κ1) is 19.4. The zero-order valence-corrected chi connectivity index (χ0v) is 15.8. The van der Waals surface area contributed by atoms with Crippen molar-refractivity contribution in [1.82, 2.24) is 4.31 Å². The van der Waals surface area contributed by atoms with E-state index in [1.54, 1.807) is 43.4 Å². The number of rotatable bonds is 7. The van der Waals surface area contributed by atoms with Crippen LogP contribution in [0.1, 0.15) is 30.1 Å². The van der Waals surface area contributed by atoms with Crippen LogP contribution in [0.5, 0.6) is 0 Å². The van der Waals surface area contributed by atoms with Crippen LogP contribution in [0.2, 0.25) is 5.02 Å². The molecule has 7 heteroatoms. The highest BCUT2D eigenvalue weighted by Crippen LogP contribution is 2.18. The van der Waals surface area contributed by atoms with E-state index < -0.39 is 10.0 Å². The molecule has 0 aliphatic rings. The maximum absolute atomic E-state index is 12.6. The van der Waals surface area contributed by atoms with Gasteiger partial charge in [0, 0.05) is 29.9 Å². The molecule has 5 nitrogen and oxygen atoms in total. The average molecular weight is 381 g/mol. The second-order valence-corrected chi connectivity index (χ2v) is 8.15. The largest absolute Gasteiger partial charge is 0.322 e. The molecular formula is C18H21ClN2O3S. The fraction of sp³-hybridized carbons (Fsp3) is 0.278. The molecule has 2 aromatic rings. The highest BCUT2D eigenvalue weighted by molar-refractivity contribution is 7.89. The Labute approximate surface area is 153 Å². The topological polar surface area (TPSA) is 66.5 Å². The Balaban J connectivity index is 2.20. The summed E-state index contributed by atoms with van der Waals surface area (Å²) in [5, 5.41) is 3.29. The summed E-state index contributed by atoms with van der Waals surface area (Å²) in [6.07, 6.45) is 1.69. The van der Waals surface area contributed by atoms with E-state index in [0.717, 1.165) is 12.8 Å². The second kappa shape index (κ2) is 8.47. The van der Waals surface area contributed by atoms with Gasteiger partial charge >= 0.3 is 0 Å². The fourth-order valence-corrected chi connectivity index (χ4v) is 3.60. The monoisotopic (exact) mass is 380 g/mol. The summed E-state index contributed by atoms with van der Waals surface area (Å²) in [6.45, 7) is 2.45. The van der Waals surface area contributed by atoms with Crippen LogP contribution in [0.3, 0.4) is 0 Å². The van der Waals surface area contributed by atoms with Crippen molar-refractivity contribution < 1.29 is 13.2 Å². The van der Waals surface area contributed by atoms with Crippen LogP contribution in [0, 0.1) is 0 Å². The number of benzene rings is 2. The van der Waals surface area contributed by atoms with Crippen molar-refractivity contribution in [3.8, 4) is 0 Å². The number of nitrogens with one attached hydrogen (secondary N) is 1. The predicted molar refractivity (Wildman–Crippen MR) is 101 cm³/mol. The standard InChI is InChI=1S/C18H21ClN2O3S/c1-3-4-12-21(2)25(23,24)17-7-5-6-14(13-17)18(22)20-16-10-8-15(19)9-11-16/h5-11,13H,3-4,12H2,1-2H3,(H,20,22).